The Bertz CT molecular complexity index is 553. The second-order valence-corrected chi connectivity index (χ2v) is 4.96. The van der Waals surface area contributed by atoms with Crippen molar-refractivity contribution in [2.24, 2.45) is 0 Å². The Hall–Kier alpha value is -2.37. The first-order chi connectivity index (χ1) is 9.81. The summed E-state index contributed by atoms with van der Waals surface area (Å²) < 4.78 is 4.94. The highest BCUT2D eigenvalue weighted by atomic mass is 16.5. The minimum atomic E-state index is -0.551. The van der Waals surface area contributed by atoms with Crippen LogP contribution in [0.4, 0.5) is 0 Å². The van der Waals surface area contributed by atoms with Gasteiger partial charge in [0.15, 0.2) is 6.61 Å². The summed E-state index contributed by atoms with van der Waals surface area (Å²) in [5, 5.41) is 2.39. The van der Waals surface area contributed by atoms with Crippen molar-refractivity contribution >= 4 is 17.8 Å². The average Bonchev–Trinajstić information content (AvgIpc) is 2.44. The van der Waals surface area contributed by atoms with E-state index in [-0.39, 0.29) is 12.5 Å². The number of esters is 1. The summed E-state index contributed by atoms with van der Waals surface area (Å²) >= 11 is 0. The first-order valence-corrected chi connectivity index (χ1v) is 6.52. The molecule has 1 N–H and O–H groups in total. The van der Waals surface area contributed by atoms with Crippen LogP contribution in [0.1, 0.15) is 21.5 Å². The zero-order chi connectivity index (χ0) is 16.0. The smallest absolute Gasteiger partial charge is 0.338 e. The van der Waals surface area contributed by atoms with Gasteiger partial charge in [0.25, 0.3) is 5.91 Å². The summed E-state index contributed by atoms with van der Waals surface area (Å²) in [6.07, 6.45) is 0. The standard InChI is InChI=1S/C15H20N2O4/c1-10-5-6-11(2)12(7-10)15(20)21-9-13(18)16-8-14(19)17(3)4/h5-7H,8-9H2,1-4H3,(H,16,18). The zero-order valence-electron chi connectivity index (χ0n) is 12.7. The van der Waals surface area contributed by atoms with E-state index in [0.29, 0.717) is 5.56 Å². The number of amides is 2. The third-order valence-electron chi connectivity index (χ3n) is 2.88. The number of aryl methyl sites for hydroxylation is 2. The fourth-order valence-electron chi connectivity index (χ4n) is 1.55. The van der Waals surface area contributed by atoms with Gasteiger partial charge >= 0.3 is 5.97 Å². The highest BCUT2D eigenvalue weighted by Gasteiger charge is 2.13. The number of nitrogens with one attached hydrogen (secondary N) is 1. The molecule has 0 bridgehead atoms. The topological polar surface area (TPSA) is 75.7 Å². The van der Waals surface area contributed by atoms with Gasteiger partial charge < -0.3 is 15.0 Å². The highest BCUT2D eigenvalue weighted by molar-refractivity contribution is 5.93. The minimum absolute atomic E-state index is 0.118. The van der Waals surface area contributed by atoms with E-state index in [4.69, 9.17) is 4.74 Å². The Labute approximate surface area is 124 Å². The summed E-state index contributed by atoms with van der Waals surface area (Å²) in [6.45, 7) is 3.14. The Morgan fingerprint density at radius 1 is 1.19 bits per heavy atom. The number of ether oxygens (including phenoxy) is 1. The van der Waals surface area contributed by atoms with Gasteiger partial charge in [0.05, 0.1) is 12.1 Å². The quantitative estimate of drug-likeness (QED) is 0.809. The second kappa shape index (κ2) is 7.42. The van der Waals surface area contributed by atoms with Crippen molar-refractivity contribution in [1.82, 2.24) is 10.2 Å². The predicted octanol–water partition coefficient (Wildman–Crippen LogP) is 0.665. The largest absolute Gasteiger partial charge is 0.452 e. The number of carbonyl (C=O) groups excluding carboxylic acids is 3. The van der Waals surface area contributed by atoms with Gasteiger partial charge in [0, 0.05) is 14.1 Å². The lowest BCUT2D eigenvalue weighted by atomic mass is 10.1. The number of carbonyl (C=O) groups is 3. The molecule has 0 spiro atoms. The van der Waals surface area contributed by atoms with Gasteiger partial charge in [-0.2, -0.15) is 0 Å². The van der Waals surface area contributed by atoms with E-state index >= 15 is 0 Å². The van der Waals surface area contributed by atoms with Crippen molar-refractivity contribution in [2.75, 3.05) is 27.2 Å². The van der Waals surface area contributed by atoms with Crippen LogP contribution >= 0.6 is 0 Å². The number of rotatable bonds is 5. The molecule has 0 fully saturated rings. The van der Waals surface area contributed by atoms with Crippen molar-refractivity contribution in [3.8, 4) is 0 Å². The summed E-state index contributed by atoms with van der Waals surface area (Å²) in [5.41, 5.74) is 2.16. The third kappa shape index (κ3) is 5.25. The fraction of sp³-hybridized carbons (Fsp3) is 0.400. The normalized spacial score (nSPS) is 9.90. The number of likely N-dealkylation sites (N-methyl/N-ethyl adjacent to an activating group) is 1. The van der Waals surface area contributed by atoms with Gasteiger partial charge in [-0.05, 0) is 25.5 Å². The molecule has 0 heterocycles. The maximum Gasteiger partial charge on any atom is 0.338 e. The molecule has 1 aromatic carbocycles. The van der Waals surface area contributed by atoms with Crippen LogP contribution in [0, 0.1) is 13.8 Å². The SMILES string of the molecule is Cc1ccc(C)c(C(=O)OCC(=O)NCC(=O)N(C)C)c1. The van der Waals surface area contributed by atoms with Crippen molar-refractivity contribution in [2.45, 2.75) is 13.8 Å². The molecule has 1 rings (SSSR count). The minimum Gasteiger partial charge on any atom is -0.452 e. The number of benzene rings is 1. The van der Waals surface area contributed by atoms with Crippen molar-refractivity contribution in [3.63, 3.8) is 0 Å². The van der Waals surface area contributed by atoms with Crippen LogP contribution < -0.4 is 5.32 Å². The lowest BCUT2D eigenvalue weighted by Gasteiger charge is -2.11. The van der Waals surface area contributed by atoms with Gasteiger partial charge in [-0.15, -0.1) is 0 Å². The van der Waals surface area contributed by atoms with E-state index in [2.05, 4.69) is 5.32 Å². The summed E-state index contributed by atoms with van der Waals surface area (Å²) in [4.78, 5) is 36.0. The van der Waals surface area contributed by atoms with Crippen LogP contribution in [-0.4, -0.2) is 49.9 Å². The van der Waals surface area contributed by atoms with Crippen molar-refractivity contribution in [3.05, 3.63) is 34.9 Å². The van der Waals surface area contributed by atoms with Crippen LogP contribution in [0.25, 0.3) is 0 Å². The molecule has 2 amide bonds. The second-order valence-electron chi connectivity index (χ2n) is 4.96. The van der Waals surface area contributed by atoms with Crippen molar-refractivity contribution < 1.29 is 19.1 Å². The molecular weight excluding hydrogens is 272 g/mol. The molecule has 0 saturated heterocycles. The molecule has 114 valence electrons. The number of nitrogens with zero attached hydrogens (tertiary/aromatic N) is 1. The molecule has 0 unspecified atom stereocenters. The predicted molar refractivity (Wildman–Crippen MR) is 77.9 cm³/mol. The Balaban J connectivity index is 2.48. The van der Waals surface area contributed by atoms with E-state index in [1.165, 1.54) is 4.90 Å². The molecule has 1 aromatic rings. The van der Waals surface area contributed by atoms with E-state index < -0.39 is 18.5 Å². The van der Waals surface area contributed by atoms with Crippen LogP contribution in [-0.2, 0) is 14.3 Å². The monoisotopic (exact) mass is 292 g/mol. The van der Waals surface area contributed by atoms with Gasteiger partial charge in [0.1, 0.15) is 0 Å². The first-order valence-electron chi connectivity index (χ1n) is 6.52. The van der Waals surface area contributed by atoms with E-state index in [0.717, 1.165) is 11.1 Å². The van der Waals surface area contributed by atoms with Crippen LogP contribution in [0.15, 0.2) is 18.2 Å². The maximum atomic E-state index is 11.9. The maximum absolute atomic E-state index is 11.9. The average molecular weight is 292 g/mol. The van der Waals surface area contributed by atoms with Crippen LogP contribution in [0.5, 0.6) is 0 Å². The van der Waals surface area contributed by atoms with Gasteiger partial charge in [0.2, 0.25) is 5.91 Å². The number of hydrogen-bond donors (Lipinski definition) is 1. The molecule has 0 saturated carbocycles. The summed E-state index contributed by atoms with van der Waals surface area (Å²) in [7, 11) is 3.18. The molecular formula is C15H20N2O4. The first kappa shape index (κ1) is 16.7. The molecule has 0 aromatic heterocycles. The summed E-state index contributed by atoms with van der Waals surface area (Å²) in [5.74, 6) is -1.29. The van der Waals surface area contributed by atoms with E-state index in [1.54, 1.807) is 27.1 Å². The Morgan fingerprint density at radius 2 is 1.86 bits per heavy atom. The van der Waals surface area contributed by atoms with E-state index in [1.807, 2.05) is 19.1 Å². The Morgan fingerprint density at radius 3 is 2.48 bits per heavy atom. The van der Waals surface area contributed by atoms with E-state index in [9.17, 15) is 14.4 Å². The highest BCUT2D eigenvalue weighted by Crippen LogP contribution is 2.11. The van der Waals surface area contributed by atoms with Crippen molar-refractivity contribution in [1.29, 1.82) is 0 Å². The molecule has 21 heavy (non-hydrogen) atoms. The fourth-order valence-corrected chi connectivity index (χ4v) is 1.55. The number of hydrogen-bond acceptors (Lipinski definition) is 4. The molecule has 0 radical (unpaired) electrons. The van der Waals surface area contributed by atoms with Crippen LogP contribution in [0.3, 0.4) is 0 Å². The molecule has 6 heteroatoms. The zero-order valence-corrected chi connectivity index (χ0v) is 12.7. The molecule has 0 atom stereocenters. The van der Waals surface area contributed by atoms with Crippen LogP contribution in [0.2, 0.25) is 0 Å². The molecule has 0 aliphatic rings. The Kier molecular flexibility index (Phi) is 5.90. The summed E-state index contributed by atoms with van der Waals surface area (Å²) in [6, 6.07) is 5.43. The molecule has 0 aliphatic carbocycles. The van der Waals surface area contributed by atoms with Gasteiger partial charge in [-0.3, -0.25) is 9.59 Å². The van der Waals surface area contributed by atoms with Gasteiger partial charge in [-0.25, -0.2) is 4.79 Å². The molecule has 0 aliphatic heterocycles. The lowest BCUT2D eigenvalue weighted by Crippen LogP contribution is -2.38. The molecule has 6 nitrogen and oxygen atoms in total. The third-order valence-corrected chi connectivity index (χ3v) is 2.88. The van der Waals surface area contributed by atoms with Gasteiger partial charge in [-0.1, -0.05) is 17.7 Å². The lowest BCUT2D eigenvalue weighted by molar-refractivity contribution is -0.131.